The van der Waals surface area contributed by atoms with E-state index in [4.69, 9.17) is 4.52 Å². The van der Waals surface area contributed by atoms with E-state index in [0.717, 1.165) is 30.8 Å². The minimum Gasteiger partial charge on any atom is -0.342 e. The van der Waals surface area contributed by atoms with Gasteiger partial charge in [0, 0.05) is 44.5 Å². The van der Waals surface area contributed by atoms with Crippen molar-refractivity contribution in [2.24, 2.45) is 7.05 Å². The fourth-order valence-electron chi connectivity index (χ4n) is 3.51. The molecule has 1 aliphatic heterocycles. The average molecular weight is 366 g/mol. The number of carbonyl (C=O) groups is 1. The second kappa shape index (κ2) is 7.69. The van der Waals surface area contributed by atoms with Gasteiger partial charge >= 0.3 is 0 Å². The van der Waals surface area contributed by atoms with Crippen molar-refractivity contribution in [3.63, 3.8) is 0 Å². The third-order valence-electron chi connectivity index (χ3n) is 4.94. The van der Waals surface area contributed by atoms with E-state index >= 15 is 0 Å². The number of nitrogens with zero attached hydrogens (tertiary/aromatic N) is 6. The lowest BCUT2D eigenvalue weighted by molar-refractivity contribution is -0.132. The lowest BCUT2D eigenvalue weighted by atomic mass is 9.97. The maximum Gasteiger partial charge on any atom is 0.227 e. The minimum absolute atomic E-state index is 0.112. The maximum atomic E-state index is 12.6. The Morgan fingerprint density at radius 3 is 2.93 bits per heavy atom. The van der Waals surface area contributed by atoms with Crippen molar-refractivity contribution in [2.45, 2.75) is 31.6 Å². The number of aromatic nitrogens is 5. The highest BCUT2D eigenvalue weighted by atomic mass is 16.5. The predicted molar refractivity (Wildman–Crippen MR) is 97.6 cm³/mol. The maximum absolute atomic E-state index is 12.6. The van der Waals surface area contributed by atoms with E-state index in [1.807, 2.05) is 46.8 Å². The van der Waals surface area contributed by atoms with E-state index in [1.165, 1.54) is 0 Å². The average Bonchev–Trinajstić information content (AvgIpc) is 3.36. The fraction of sp³-hybridized carbons (Fsp3) is 0.421. The van der Waals surface area contributed by atoms with E-state index in [1.54, 1.807) is 6.33 Å². The first-order valence-electron chi connectivity index (χ1n) is 9.20. The van der Waals surface area contributed by atoms with Crippen LogP contribution in [-0.4, -0.2) is 48.8 Å². The number of aryl methyl sites for hydroxylation is 2. The van der Waals surface area contributed by atoms with Crippen LogP contribution in [0.1, 0.15) is 36.9 Å². The number of likely N-dealkylation sites (tertiary alicyclic amines) is 1. The van der Waals surface area contributed by atoms with Gasteiger partial charge in [-0.3, -0.25) is 4.79 Å². The van der Waals surface area contributed by atoms with Gasteiger partial charge in [0.2, 0.25) is 17.6 Å². The highest BCUT2D eigenvalue weighted by Crippen LogP contribution is 2.25. The zero-order chi connectivity index (χ0) is 18.6. The molecule has 0 spiro atoms. The molecule has 8 heteroatoms. The largest absolute Gasteiger partial charge is 0.342 e. The zero-order valence-corrected chi connectivity index (χ0v) is 15.3. The third kappa shape index (κ3) is 3.89. The molecule has 0 radical (unpaired) electrons. The molecule has 1 unspecified atom stereocenters. The Labute approximate surface area is 157 Å². The van der Waals surface area contributed by atoms with Gasteiger partial charge in [0.05, 0.1) is 0 Å². The van der Waals surface area contributed by atoms with Crippen LogP contribution < -0.4 is 0 Å². The van der Waals surface area contributed by atoms with Gasteiger partial charge in [-0.25, -0.2) is 0 Å². The van der Waals surface area contributed by atoms with Crippen LogP contribution in [0.25, 0.3) is 11.4 Å². The molecule has 3 aromatic rings. The lowest BCUT2D eigenvalue weighted by Crippen LogP contribution is -2.39. The van der Waals surface area contributed by atoms with Gasteiger partial charge in [-0.1, -0.05) is 35.5 Å². The van der Waals surface area contributed by atoms with E-state index in [-0.39, 0.29) is 11.8 Å². The quantitative estimate of drug-likeness (QED) is 0.688. The molecule has 3 heterocycles. The van der Waals surface area contributed by atoms with Crippen LogP contribution in [-0.2, 0) is 18.3 Å². The SMILES string of the molecule is Cn1cnnc1C1CCCN(C(=O)CCc2nc(-c3ccccc3)no2)C1. The summed E-state index contributed by atoms with van der Waals surface area (Å²) in [5.41, 5.74) is 0.904. The van der Waals surface area contributed by atoms with E-state index in [2.05, 4.69) is 20.3 Å². The lowest BCUT2D eigenvalue weighted by Gasteiger charge is -2.32. The number of hydrogen-bond acceptors (Lipinski definition) is 6. The number of benzene rings is 1. The number of amides is 1. The second-order valence-electron chi connectivity index (χ2n) is 6.86. The molecule has 27 heavy (non-hydrogen) atoms. The van der Waals surface area contributed by atoms with E-state index < -0.39 is 0 Å². The minimum atomic E-state index is 0.112. The zero-order valence-electron chi connectivity index (χ0n) is 15.3. The molecule has 0 bridgehead atoms. The Morgan fingerprint density at radius 1 is 1.30 bits per heavy atom. The van der Waals surface area contributed by atoms with Crippen molar-refractivity contribution in [2.75, 3.05) is 13.1 Å². The summed E-state index contributed by atoms with van der Waals surface area (Å²) in [6.45, 7) is 1.47. The molecule has 1 amide bonds. The molecule has 0 saturated carbocycles. The van der Waals surface area contributed by atoms with Gasteiger partial charge in [-0.2, -0.15) is 4.98 Å². The van der Waals surface area contributed by atoms with E-state index in [9.17, 15) is 4.79 Å². The Hall–Kier alpha value is -3.03. The first-order chi connectivity index (χ1) is 13.2. The van der Waals surface area contributed by atoms with Crippen LogP contribution in [0.4, 0.5) is 0 Å². The summed E-state index contributed by atoms with van der Waals surface area (Å²) < 4.78 is 7.23. The van der Waals surface area contributed by atoms with Crippen LogP contribution >= 0.6 is 0 Å². The molecular weight excluding hydrogens is 344 g/mol. The van der Waals surface area contributed by atoms with Gasteiger partial charge in [0.25, 0.3) is 0 Å². The molecule has 140 valence electrons. The van der Waals surface area contributed by atoms with Gasteiger partial charge in [0.1, 0.15) is 12.2 Å². The summed E-state index contributed by atoms with van der Waals surface area (Å²) in [5.74, 6) is 2.34. The monoisotopic (exact) mass is 366 g/mol. The van der Waals surface area contributed by atoms with Crippen LogP contribution in [0.2, 0.25) is 0 Å². The second-order valence-corrected chi connectivity index (χ2v) is 6.86. The van der Waals surface area contributed by atoms with Crippen LogP contribution in [0.5, 0.6) is 0 Å². The number of rotatable bonds is 5. The summed E-state index contributed by atoms with van der Waals surface area (Å²) in [6, 6.07) is 9.66. The molecule has 2 aromatic heterocycles. The first-order valence-corrected chi connectivity index (χ1v) is 9.20. The number of hydrogen-bond donors (Lipinski definition) is 0. The Bertz CT molecular complexity index is 904. The van der Waals surface area contributed by atoms with Gasteiger partial charge in [0.15, 0.2) is 0 Å². The first kappa shape index (κ1) is 17.4. The smallest absolute Gasteiger partial charge is 0.227 e. The summed E-state index contributed by atoms with van der Waals surface area (Å²) >= 11 is 0. The molecule has 1 saturated heterocycles. The fourth-order valence-corrected chi connectivity index (χ4v) is 3.51. The molecule has 0 N–H and O–H groups in total. The van der Waals surface area contributed by atoms with Crippen molar-refractivity contribution < 1.29 is 9.32 Å². The van der Waals surface area contributed by atoms with Crippen LogP contribution in [0.15, 0.2) is 41.2 Å². The van der Waals surface area contributed by atoms with Crippen LogP contribution in [0, 0.1) is 0 Å². The van der Waals surface area contributed by atoms with Crippen molar-refractivity contribution >= 4 is 5.91 Å². The highest BCUT2D eigenvalue weighted by Gasteiger charge is 2.27. The Balaban J connectivity index is 1.34. The van der Waals surface area contributed by atoms with Crippen molar-refractivity contribution in [1.29, 1.82) is 0 Å². The van der Waals surface area contributed by atoms with Gasteiger partial charge in [-0.15, -0.1) is 10.2 Å². The Morgan fingerprint density at radius 2 is 2.15 bits per heavy atom. The normalized spacial score (nSPS) is 17.2. The van der Waals surface area contributed by atoms with Crippen molar-refractivity contribution in [3.8, 4) is 11.4 Å². The topological polar surface area (TPSA) is 89.9 Å². The van der Waals surface area contributed by atoms with Gasteiger partial charge < -0.3 is 14.0 Å². The molecule has 8 nitrogen and oxygen atoms in total. The summed E-state index contributed by atoms with van der Waals surface area (Å²) in [5, 5.41) is 12.2. The molecule has 1 aromatic carbocycles. The highest BCUT2D eigenvalue weighted by molar-refractivity contribution is 5.76. The standard InChI is InChI=1S/C19H22N6O2/c1-24-13-20-22-19(24)15-8-5-11-25(12-15)17(26)10-9-16-21-18(23-27-16)14-6-3-2-4-7-14/h2-4,6-7,13,15H,5,8-12H2,1H3. The molecule has 4 rings (SSSR count). The molecule has 1 aliphatic rings. The molecular formula is C19H22N6O2. The summed E-state index contributed by atoms with van der Waals surface area (Å²) in [7, 11) is 1.94. The molecule has 0 aliphatic carbocycles. The predicted octanol–water partition coefficient (Wildman–Crippen LogP) is 2.20. The summed E-state index contributed by atoms with van der Waals surface area (Å²) in [4.78, 5) is 19.0. The van der Waals surface area contributed by atoms with Crippen molar-refractivity contribution in [3.05, 3.63) is 48.4 Å². The molecule has 1 fully saturated rings. The van der Waals surface area contributed by atoms with Crippen LogP contribution in [0.3, 0.4) is 0 Å². The van der Waals surface area contributed by atoms with Gasteiger partial charge in [-0.05, 0) is 12.8 Å². The Kier molecular flexibility index (Phi) is 4.95. The van der Waals surface area contributed by atoms with E-state index in [0.29, 0.717) is 31.1 Å². The number of piperidine rings is 1. The molecule has 1 atom stereocenters. The number of carbonyl (C=O) groups excluding carboxylic acids is 1. The summed E-state index contributed by atoms with van der Waals surface area (Å²) in [6.07, 6.45) is 4.52. The van der Waals surface area contributed by atoms with Crippen molar-refractivity contribution in [1.82, 2.24) is 29.8 Å². The third-order valence-corrected chi connectivity index (χ3v) is 4.94.